The van der Waals surface area contributed by atoms with Gasteiger partial charge in [-0.05, 0) is 74.3 Å². The fraction of sp³-hybridized carbons (Fsp3) is 0.333. The zero-order valence-electron chi connectivity index (χ0n) is 21.1. The van der Waals surface area contributed by atoms with Crippen molar-refractivity contribution in [3.63, 3.8) is 0 Å². The van der Waals surface area contributed by atoms with E-state index in [-0.39, 0.29) is 27.4 Å². The highest BCUT2D eigenvalue weighted by molar-refractivity contribution is 14.1. The van der Waals surface area contributed by atoms with Gasteiger partial charge in [-0.2, -0.15) is 0 Å². The molecule has 0 N–H and O–H groups in total. The molecule has 4 nitrogen and oxygen atoms in total. The molecule has 1 unspecified atom stereocenters. The van der Waals surface area contributed by atoms with E-state index >= 15 is 4.39 Å². The molecule has 37 heavy (non-hydrogen) atoms. The highest BCUT2D eigenvalue weighted by Gasteiger charge is 2.30. The first kappa shape index (κ1) is 27.2. The highest BCUT2D eigenvalue weighted by atomic mass is 127. The first-order valence-corrected chi connectivity index (χ1v) is 13.4. The molecule has 0 amide bonds. The van der Waals surface area contributed by atoms with Gasteiger partial charge in [0.1, 0.15) is 5.60 Å². The van der Waals surface area contributed by atoms with Crippen LogP contribution in [0.15, 0.2) is 71.7 Å². The fourth-order valence-corrected chi connectivity index (χ4v) is 4.58. The molecular weight excluding hydrogens is 587 g/mol. The van der Waals surface area contributed by atoms with Gasteiger partial charge in [0.05, 0.1) is 15.4 Å². The highest BCUT2D eigenvalue weighted by Crippen LogP contribution is 2.34. The summed E-state index contributed by atoms with van der Waals surface area (Å²) in [6.07, 6.45) is 2.20. The Balaban J connectivity index is 1.79. The van der Waals surface area contributed by atoms with Gasteiger partial charge in [-0.25, -0.2) is 13.6 Å². The van der Waals surface area contributed by atoms with Gasteiger partial charge in [0.15, 0.2) is 23.4 Å². The second kappa shape index (κ2) is 11.7. The minimum absolute atomic E-state index is 0.110. The molecular formula is C30H30F2INO3. The molecule has 0 heterocycles. The number of nitrogens with zero attached hydrogens (tertiary/aromatic N) is 1. The minimum atomic E-state index is -1.07. The van der Waals surface area contributed by atoms with Crippen LogP contribution in [-0.2, 0) is 16.0 Å². The Morgan fingerprint density at radius 1 is 1.00 bits per heavy atom. The Morgan fingerprint density at radius 3 is 2.05 bits per heavy atom. The topological polar surface area (TPSA) is 47.9 Å². The summed E-state index contributed by atoms with van der Waals surface area (Å²) in [4.78, 5) is 18.2. The minimum Gasteiger partial charge on any atom is -0.484 e. The molecule has 4 rings (SSSR count). The van der Waals surface area contributed by atoms with E-state index in [0.29, 0.717) is 5.71 Å². The Morgan fingerprint density at radius 2 is 1.57 bits per heavy atom. The predicted octanol–water partition coefficient (Wildman–Crippen LogP) is 7.29. The number of rotatable bonds is 8. The molecule has 0 bridgehead atoms. The molecule has 7 heteroatoms. The number of carbonyl (C=O) groups is 1. The van der Waals surface area contributed by atoms with Gasteiger partial charge in [-0.15, -0.1) is 0 Å². The van der Waals surface area contributed by atoms with Gasteiger partial charge in [0.25, 0.3) is 0 Å². The molecule has 0 radical (unpaired) electrons. The SMILES string of the molecule is CC(C)(C)OC(=O)C(Cc1cc(I)c(F)c(OC2CCC2)c1F)N=C(c1ccccc1)c1ccccc1. The smallest absolute Gasteiger partial charge is 0.331 e. The monoisotopic (exact) mass is 617 g/mol. The molecule has 1 fully saturated rings. The first-order valence-electron chi connectivity index (χ1n) is 12.4. The van der Waals surface area contributed by atoms with Crippen LogP contribution in [0.5, 0.6) is 5.75 Å². The van der Waals surface area contributed by atoms with Crippen LogP contribution >= 0.6 is 22.6 Å². The molecule has 0 aliphatic heterocycles. The number of hydrogen-bond donors (Lipinski definition) is 0. The van der Waals surface area contributed by atoms with Crippen LogP contribution in [0.1, 0.15) is 56.7 Å². The summed E-state index contributed by atoms with van der Waals surface area (Å²) in [5, 5.41) is 0. The maximum atomic E-state index is 15.6. The second-order valence-corrected chi connectivity index (χ2v) is 11.3. The van der Waals surface area contributed by atoms with Crippen LogP contribution < -0.4 is 4.74 Å². The average Bonchev–Trinajstić information content (AvgIpc) is 2.83. The number of esters is 1. The third kappa shape index (κ3) is 6.94. The molecule has 3 aromatic rings. The van der Waals surface area contributed by atoms with Crippen molar-refractivity contribution in [1.29, 1.82) is 0 Å². The molecule has 0 spiro atoms. The summed E-state index contributed by atoms with van der Waals surface area (Å²) < 4.78 is 42.0. The van der Waals surface area contributed by atoms with Crippen LogP contribution in [0.4, 0.5) is 8.78 Å². The molecule has 1 atom stereocenters. The zero-order valence-corrected chi connectivity index (χ0v) is 23.3. The Hall–Kier alpha value is -2.81. The molecule has 1 saturated carbocycles. The number of hydrogen-bond acceptors (Lipinski definition) is 4. The lowest BCUT2D eigenvalue weighted by atomic mass is 9.96. The van der Waals surface area contributed by atoms with Gasteiger partial charge < -0.3 is 9.47 Å². The summed E-state index contributed by atoms with van der Waals surface area (Å²) in [5.74, 6) is -2.49. The quantitative estimate of drug-likeness (QED) is 0.116. The third-order valence-corrected chi connectivity index (χ3v) is 6.78. The normalized spacial score (nSPS) is 14.4. The average molecular weight is 617 g/mol. The van der Waals surface area contributed by atoms with E-state index < -0.39 is 29.2 Å². The van der Waals surface area contributed by atoms with Gasteiger partial charge >= 0.3 is 5.97 Å². The van der Waals surface area contributed by atoms with E-state index in [9.17, 15) is 9.18 Å². The van der Waals surface area contributed by atoms with E-state index in [1.165, 1.54) is 6.07 Å². The summed E-state index contributed by atoms with van der Waals surface area (Å²) in [6.45, 7) is 5.31. The summed E-state index contributed by atoms with van der Waals surface area (Å²) >= 11 is 1.83. The lowest BCUT2D eigenvalue weighted by molar-refractivity contribution is -0.156. The molecule has 1 aliphatic carbocycles. The number of ether oxygens (including phenoxy) is 2. The van der Waals surface area contributed by atoms with Crippen molar-refractivity contribution in [3.8, 4) is 5.75 Å². The Kier molecular flexibility index (Phi) is 8.62. The summed E-state index contributed by atoms with van der Waals surface area (Å²) in [7, 11) is 0. The van der Waals surface area contributed by atoms with Crippen molar-refractivity contribution < 1.29 is 23.0 Å². The number of benzene rings is 3. The molecule has 0 aromatic heterocycles. The summed E-state index contributed by atoms with van der Waals surface area (Å²) in [5.41, 5.74) is 1.59. The van der Waals surface area contributed by atoms with E-state index in [0.717, 1.165) is 30.4 Å². The zero-order chi connectivity index (χ0) is 26.6. The van der Waals surface area contributed by atoms with Gasteiger partial charge in [-0.1, -0.05) is 60.7 Å². The van der Waals surface area contributed by atoms with Crippen molar-refractivity contribution in [3.05, 3.63) is 98.6 Å². The number of carbonyl (C=O) groups excluding carboxylic acids is 1. The van der Waals surface area contributed by atoms with Crippen molar-refractivity contribution in [2.75, 3.05) is 0 Å². The van der Waals surface area contributed by atoms with Crippen LogP contribution in [0.3, 0.4) is 0 Å². The first-order chi connectivity index (χ1) is 17.6. The summed E-state index contributed by atoms with van der Waals surface area (Å²) in [6, 6.07) is 19.3. The van der Waals surface area contributed by atoms with Crippen molar-refractivity contribution in [2.45, 2.75) is 64.2 Å². The van der Waals surface area contributed by atoms with E-state index in [1.807, 2.05) is 83.3 Å². The van der Waals surface area contributed by atoms with Crippen LogP contribution in [0.25, 0.3) is 0 Å². The van der Waals surface area contributed by atoms with Crippen LogP contribution in [0.2, 0.25) is 0 Å². The molecule has 194 valence electrons. The predicted molar refractivity (Wildman–Crippen MR) is 149 cm³/mol. The molecule has 1 aliphatic rings. The lowest BCUT2D eigenvalue weighted by Gasteiger charge is -2.27. The van der Waals surface area contributed by atoms with E-state index in [1.54, 1.807) is 20.8 Å². The van der Waals surface area contributed by atoms with Crippen molar-refractivity contribution in [2.24, 2.45) is 4.99 Å². The Bertz CT molecular complexity index is 1230. The van der Waals surface area contributed by atoms with Crippen molar-refractivity contribution >= 4 is 34.3 Å². The number of halogens is 3. The van der Waals surface area contributed by atoms with E-state index in [2.05, 4.69) is 0 Å². The standard InChI is InChI=1S/C30H30F2INO3/c1-30(2,3)37-29(35)24(34-27(19-11-6-4-7-12-19)20-13-8-5-9-14-20)18-21-17-23(33)26(32)28(25(21)31)36-22-15-10-16-22/h4-9,11-14,17,22,24H,10,15-16,18H2,1-3H3. The Labute approximate surface area is 230 Å². The van der Waals surface area contributed by atoms with Crippen molar-refractivity contribution in [1.82, 2.24) is 0 Å². The van der Waals surface area contributed by atoms with Gasteiger partial charge in [0, 0.05) is 17.5 Å². The van der Waals surface area contributed by atoms with Crippen LogP contribution in [0, 0.1) is 15.2 Å². The lowest BCUT2D eigenvalue weighted by Crippen LogP contribution is -2.33. The molecule has 3 aromatic carbocycles. The van der Waals surface area contributed by atoms with Gasteiger partial charge in [-0.3, -0.25) is 4.99 Å². The second-order valence-electron chi connectivity index (χ2n) is 10.1. The maximum Gasteiger partial charge on any atom is 0.331 e. The van der Waals surface area contributed by atoms with Gasteiger partial charge in [0.2, 0.25) is 0 Å². The number of aliphatic imine (C=N–C) groups is 1. The largest absolute Gasteiger partial charge is 0.484 e. The fourth-order valence-electron chi connectivity index (χ4n) is 3.96. The third-order valence-electron chi connectivity index (χ3n) is 6.00. The van der Waals surface area contributed by atoms with Crippen LogP contribution in [-0.4, -0.2) is 29.4 Å². The van der Waals surface area contributed by atoms with E-state index in [4.69, 9.17) is 14.5 Å². The molecule has 0 saturated heterocycles. The maximum absolute atomic E-state index is 15.6.